The van der Waals surface area contributed by atoms with Gasteiger partial charge in [0.15, 0.2) is 11.5 Å². The minimum Gasteiger partial charge on any atom is -0.493 e. The zero-order chi connectivity index (χ0) is 17.9. The molecule has 25 heavy (non-hydrogen) atoms. The Labute approximate surface area is 146 Å². The van der Waals surface area contributed by atoms with Crippen molar-refractivity contribution >= 4 is 5.91 Å². The van der Waals surface area contributed by atoms with Crippen LogP contribution < -0.4 is 19.5 Å². The SMILES string of the molecule is COc1cccc(C(=O)NCC2(O)CCOc3ccccc32)c1OC. The Morgan fingerprint density at radius 1 is 1.20 bits per heavy atom. The summed E-state index contributed by atoms with van der Waals surface area (Å²) in [4.78, 5) is 12.6. The molecule has 0 saturated carbocycles. The van der Waals surface area contributed by atoms with Gasteiger partial charge in [0, 0.05) is 12.0 Å². The highest BCUT2D eigenvalue weighted by molar-refractivity contribution is 5.97. The third-order valence-electron chi connectivity index (χ3n) is 4.35. The van der Waals surface area contributed by atoms with Gasteiger partial charge in [0.05, 0.1) is 32.9 Å². The van der Waals surface area contributed by atoms with E-state index in [1.165, 1.54) is 14.2 Å². The highest BCUT2D eigenvalue weighted by Crippen LogP contribution is 2.36. The molecule has 1 unspecified atom stereocenters. The lowest BCUT2D eigenvalue weighted by Gasteiger charge is -2.34. The van der Waals surface area contributed by atoms with Crippen LogP contribution in [0, 0.1) is 0 Å². The number of benzene rings is 2. The number of fused-ring (bicyclic) bond motifs is 1. The molecular formula is C19H21NO5. The molecule has 1 aliphatic heterocycles. The van der Waals surface area contributed by atoms with Crippen LogP contribution in [0.2, 0.25) is 0 Å². The zero-order valence-corrected chi connectivity index (χ0v) is 14.2. The Balaban J connectivity index is 1.80. The van der Waals surface area contributed by atoms with Gasteiger partial charge in [0.1, 0.15) is 11.4 Å². The number of hydrogen-bond donors (Lipinski definition) is 2. The molecule has 0 spiro atoms. The third-order valence-corrected chi connectivity index (χ3v) is 4.35. The van der Waals surface area contributed by atoms with Crippen molar-refractivity contribution in [1.29, 1.82) is 0 Å². The Hall–Kier alpha value is -2.73. The number of hydrogen-bond acceptors (Lipinski definition) is 5. The number of carbonyl (C=O) groups is 1. The maximum absolute atomic E-state index is 12.6. The van der Waals surface area contributed by atoms with Crippen molar-refractivity contribution in [1.82, 2.24) is 5.32 Å². The normalized spacial score (nSPS) is 18.7. The first-order chi connectivity index (χ1) is 12.1. The van der Waals surface area contributed by atoms with Gasteiger partial charge in [-0.2, -0.15) is 0 Å². The smallest absolute Gasteiger partial charge is 0.255 e. The van der Waals surface area contributed by atoms with Crippen LogP contribution >= 0.6 is 0 Å². The molecule has 2 aromatic carbocycles. The highest BCUT2D eigenvalue weighted by Gasteiger charge is 2.36. The van der Waals surface area contributed by atoms with Crippen molar-refractivity contribution in [2.45, 2.75) is 12.0 Å². The number of carbonyl (C=O) groups excluding carboxylic acids is 1. The van der Waals surface area contributed by atoms with Crippen molar-refractivity contribution in [2.24, 2.45) is 0 Å². The Bertz CT molecular complexity index is 776. The van der Waals surface area contributed by atoms with Gasteiger partial charge in [-0.3, -0.25) is 4.79 Å². The Morgan fingerprint density at radius 2 is 2.00 bits per heavy atom. The number of amides is 1. The van der Waals surface area contributed by atoms with Crippen LogP contribution in [0.5, 0.6) is 17.2 Å². The van der Waals surface area contributed by atoms with E-state index in [9.17, 15) is 9.90 Å². The molecule has 1 atom stereocenters. The summed E-state index contributed by atoms with van der Waals surface area (Å²) in [6, 6.07) is 12.4. The fourth-order valence-corrected chi connectivity index (χ4v) is 3.01. The molecule has 3 rings (SSSR count). The van der Waals surface area contributed by atoms with E-state index in [0.29, 0.717) is 41.4 Å². The molecule has 0 bridgehead atoms. The van der Waals surface area contributed by atoms with Gasteiger partial charge in [-0.05, 0) is 18.2 Å². The van der Waals surface area contributed by atoms with Crippen LogP contribution in [0.3, 0.4) is 0 Å². The second-order valence-corrected chi connectivity index (χ2v) is 5.85. The average Bonchev–Trinajstić information content (AvgIpc) is 2.66. The zero-order valence-electron chi connectivity index (χ0n) is 14.2. The van der Waals surface area contributed by atoms with Crippen LogP contribution in [0.25, 0.3) is 0 Å². The van der Waals surface area contributed by atoms with Crippen molar-refractivity contribution in [3.05, 3.63) is 53.6 Å². The van der Waals surface area contributed by atoms with Crippen LogP contribution in [0.1, 0.15) is 22.3 Å². The van der Waals surface area contributed by atoms with E-state index in [1.807, 2.05) is 24.3 Å². The third kappa shape index (κ3) is 3.25. The van der Waals surface area contributed by atoms with Gasteiger partial charge in [-0.25, -0.2) is 0 Å². The maximum Gasteiger partial charge on any atom is 0.255 e. The van der Waals surface area contributed by atoms with Crippen molar-refractivity contribution in [2.75, 3.05) is 27.4 Å². The van der Waals surface area contributed by atoms with Gasteiger partial charge in [0.25, 0.3) is 5.91 Å². The molecule has 1 heterocycles. The molecule has 0 aromatic heterocycles. The fourth-order valence-electron chi connectivity index (χ4n) is 3.01. The molecule has 2 N–H and O–H groups in total. The summed E-state index contributed by atoms with van der Waals surface area (Å²) in [6.07, 6.45) is 0.402. The van der Waals surface area contributed by atoms with Gasteiger partial charge >= 0.3 is 0 Å². The lowest BCUT2D eigenvalue weighted by molar-refractivity contribution is -0.00163. The van der Waals surface area contributed by atoms with E-state index in [2.05, 4.69) is 5.32 Å². The molecule has 132 valence electrons. The van der Waals surface area contributed by atoms with E-state index in [-0.39, 0.29) is 12.5 Å². The van der Waals surface area contributed by atoms with Crippen LogP contribution in [-0.4, -0.2) is 38.4 Å². The van der Waals surface area contributed by atoms with E-state index < -0.39 is 5.60 Å². The molecule has 1 aliphatic rings. The van der Waals surface area contributed by atoms with E-state index in [0.717, 1.165) is 0 Å². The summed E-state index contributed by atoms with van der Waals surface area (Å²) in [5.74, 6) is 1.14. The average molecular weight is 343 g/mol. The van der Waals surface area contributed by atoms with E-state index in [4.69, 9.17) is 14.2 Å². The summed E-state index contributed by atoms with van der Waals surface area (Å²) in [6.45, 7) is 0.471. The van der Waals surface area contributed by atoms with Crippen molar-refractivity contribution in [3.63, 3.8) is 0 Å². The van der Waals surface area contributed by atoms with Crippen LogP contribution in [-0.2, 0) is 5.60 Å². The quantitative estimate of drug-likeness (QED) is 0.869. The second kappa shape index (κ2) is 7.03. The molecule has 0 radical (unpaired) electrons. The molecule has 6 nitrogen and oxygen atoms in total. The molecule has 1 amide bonds. The first-order valence-electron chi connectivity index (χ1n) is 8.03. The van der Waals surface area contributed by atoms with Gasteiger partial charge in [-0.15, -0.1) is 0 Å². The van der Waals surface area contributed by atoms with Crippen LogP contribution in [0.4, 0.5) is 0 Å². The van der Waals surface area contributed by atoms with Crippen molar-refractivity contribution < 1.29 is 24.1 Å². The van der Waals surface area contributed by atoms with Crippen molar-refractivity contribution in [3.8, 4) is 17.2 Å². The van der Waals surface area contributed by atoms with Gasteiger partial charge in [-0.1, -0.05) is 24.3 Å². The first kappa shape index (κ1) is 17.1. The fraction of sp³-hybridized carbons (Fsp3) is 0.316. The molecule has 2 aromatic rings. The standard InChI is InChI=1S/C19H21NO5/c1-23-16-9-5-6-13(17(16)24-2)18(21)20-12-19(22)10-11-25-15-8-4-3-7-14(15)19/h3-9,22H,10-12H2,1-2H3,(H,20,21). The Kier molecular flexibility index (Phi) is 4.81. The molecular weight excluding hydrogens is 322 g/mol. The molecule has 6 heteroatoms. The number of rotatable bonds is 5. The number of nitrogens with one attached hydrogen (secondary N) is 1. The lowest BCUT2D eigenvalue weighted by atomic mass is 9.88. The van der Waals surface area contributed by atoms with Gasteiger partial charge < -0.3 is 24.6 Å². The minimum atomic E-state index is -1.17. The topological polar surface area (TPSA) is 77.0 Å². The summed E-state index contributed by atoms with van der Waals surface area (Å²) in [7, 11) is 3.00. The summed E-state index contributed by atoms with van der Waals surface area (Å²) < 4.78 is 16.1. The number of methoxy groups -OCH3 is 2. The predicted molar refractivity (Wildman–Crippen MR) is 92.3 cm³/mol. The van der Waals surface area contributed by atoms with E-state index >= 15 is 0 Å². The maximum atomic E-state index is 12.6. The molecule has 0 aliphatic carbocycles. The van der Waals surface area contributed by atoms with Crippen LogP contribution in [0.15, 0.2) is 42.5 Å². The summed E-state index contributed by atoms with van der Waals surface area (Å²) >= 11 is 0. The first-order valence-corrected chi connectivity index (χ1v) is 8.03. The second-order valence-electron chi connectivity index (χ2n) is 5.85. The van der Waals surface area contributed by atoms with E-state index in [1.54, 1.807) is 18.2 Å². The monoisotopic (exact) mass is 343 g/mol. The number of ether oxygens (including phenoxy) is 3. The molecule has 0 saturated heterocycles. The largest absolute Gasteiger partial charge is 0.493 e. The summed E-state index contributed by atoms with van der Waals surface area (Å²) in [5.41, 5.74) is -0.138. The highest BCUT2D eigenvalue weighted by atomic mass is 16.5. The Morgan fingerprint density at radius 3 is 2.76 bits per heavy atom. The predicted octanol–water partition coefficient (Wildman–Crippen LogP) is 2.10. The minimum absolute atomic E-state index is 0.0760. The summed E-state index contributed by atoms with van der Waals surface area (Å²) in [5, 5.41) is 13.8. The van der Waals surface area contributed by atoms with Gasteiger partial charge in [0.2, 0.25) is 0 Å². The lowest BCUT2D eigenvalue weighted by Crippen LogP contribution is -2.44. The molecule has 0 fully saturated rings. The number of para-hydroxylation sites is 2. The number of aliphatic hydroxyl groups is 1.